The molecule has 1 nitrogen and oxygen atoms in total. The van der Waals surface area contributed by atoms with Gasteiger partial charge in [0.15, 0.2) is 6.07 Å². The molecule has 0 unspecified atom stereocenters. The molecule has 0 aromatic rings. The predicted molar refractivity (Wildman–Crippen MR) is 88.4 cm³/mol. The number of nitriles is 1. The van der Waals surface area contributed by atoms with Gasteiger partial charge in [0.2, 0.25) is 0 Å². The number of unbranched alkanes of at least 4 members (excludes halogenated alkanes) is 2. The molecule has 0 aromatic heterocycles. The highest BCUT2D eigenvalue weighted by Crippen LogP contribution is 2.42. The van der Waals surface area contributed by atoms with Crippen LogP contribution in [0.5, 0.6) is 0 Å². The van der Waals surface area contributed by atoms with E-state index in [2.05, 4.69) is 18.8 Å². The Hall–Kier alpha value is -0.950. The van der Waals surface area contributed by atoms with E-state index < -0.39 is 0 Å². The van der Waals surface area contributed by atoms with Gasteiger partial charge in [-0.25, -0.2) is 0 Å². The van der Waals surface area contributed by atoms with Crippen molar-refractivity contribution in [3.05, 3.63) is 0 Å². The van der Waals surface area contributed by atoms with Crippen molar-refractivity contribution in [1.82, 2.24) is 0 Å². The van der Waals surface area contributed by atoms with Crippen LogP contribution in [-0.2, 0) is 0 Å². The first-order valence-electron chi connectivity index (χ1n) is 9.23. The number of nitrogens with zero attached hydrogens (tertiary/aromatic N) is 1. The van der Waals surface area contributed by atoms with Gasteiger partial charge in [0.1, 0.15) is 0 Å². The van der Waals surface area contributed by atoms with Crippen LogP contribution in [-0.4, -0.2) is 0 Å². The summed E-state index contributed by atoms with van der Waals surface area (Å²) in [7, 11) is 0. The summed E-state index contributed by atoms with van der Waals surface area (Å²) in [6, 6.07) is 1.95. The summed E-state index contributed by atoms with van der Waals surface area (Å²) >= 11 is 0. The topological polar surface area (TPSA) is 23.8 Å². The lowest BCUT2D eigenvalue weighted by atomic mass is 9.69. The van der Waals surface area contributed by atoms with E-state index in [0.717, 1.165) is 17.8 Å². The highest BCUT2D eigenvalue weighted by molar-refractivity contribution is 5.18. The zero-order valence-electron chi connectivity index (χ0n) is 13.7. The Bertz CT molecular complexity index is 378. The molecular weight excluding hydrogens is 254 g/mol. The molecule has 2 fully saturated rings. The van der Waals surface area contributed by atoms with Crippen molar-refractivity contribution in [2.24, 2.45) is 23.7 Å². The molecule has 0 N–H and O–H groups in total. The molecule has 0 aliphatic heterocycles. The van der Waals surface area contributed by atoms with E-state index in [0.29, 0.717) is 5.92 Å². The standard InChI is InChI=1S/C20H31N/c1-2-3-4-6-17-8-12-19(13-9-17)20-14-10-18(11-15-20)7-5-16-21/h17-20H,2-4,6,8-15H2,1H3/t17-,18-,19-,20-. The molecule has 0 heterocycles. The highest BCUT2D eigenvalue weighted by Gasteiger charge is 2.30. The third-order valence-corrected chi connectivity index (χ3v) is 5.88. The zero-order chi connectivity index (χ0) is 14.9. The fourth-order valence-electron chi connectivity index (χ4n) is 4.50. The number of rotatable bonds is 5. The van der Waals surface area contributed by atoms with Crippen LogP contribution in [0.15, 0.2) is 0 Å². The average Bonchev–Trinajstić information content (AvgIpc) is 2.54. The summed E-state index contributed by atoms with van der Waals surface area (Å²) in [6.07, 6.45) is 16.8. The van der Waals surface area contributed by atoms with Crippen molar-refractivity contribution in [3.63, 3.8) is 0 Å². The zero-order valence-corrected chi connectivity index (χ0v) is 13.7. The van der Waals surface area contributed by atoms with Gasteiger partial charge in [-0.2, -0.15) is 5.26 Å². The van der Waals surface area contributed by atoms with Crippen LogP contribution in [0.4, 0.5) is 0 Å². The Morgan fingerprint density at radius 1 is 0.857 bits per heavy atom. The second-order valence-corrected chi connectivity index (χ2v) is 7.27. The quantitative estimate of drug-likeness (QED) is 0.469. The van der Waals surface area contributed by atoms with E-state index >= 15 is 0 Å². The molecule has 21 heavy (non-hydrogen) atoms. The van der Waals surface area contributed by atoms with Crippen LogP contribution < -0.4 is 0 Å². The molecule has 0 atom stereocenters. The fraction of sp³-hybridized carbons (Fsp3) is 0.850. The van der Waals surface area contributed by atoms with Crippen molar-refractivity contribution in [3.8, 4) is 17.9 Å². The van der Waals surface area contributed by atoms with Gasteiger partial charge in [-0.15, -0.1) is 0 Å². The van der Waals surface area contributed by atoms with Gasteiger partial charge >= 0.3 is 0 Å². The van der Waals surface area contributed by atoms with E-state index in [1.165, 1.54) is 77.0 Å². The second kappa shape index (κ2) is 9.15. The van der Waals surface area contributed by atoms with Crippen molar-refractivity contribution in [1.29, 1.82) is 5.26 Å². The summed E-state index contributed by atoms with van der Waals surface area (Å²) in [6.45, 7) is 2.30. The van der Waals surface area contributed by atoms with E-state index in [-0.39, 0.29) is 0 Å². The molecule has 0 radical (unpaired) electrons. The Morgan fingerprint density at radius 2 is 1.48 bits per heavy atom. The number of hydrogen-bond acceptors (Lipinski definition) is 1. The average molecular weight is 285 g/mol. The van der Waals surface area contributed by atoms with Gasteiger partial charge in [0.05, 0.1) is 0 Å². The molecule has 2 saturated carbocycles. The monoisotopic (exact) mass is 285 g/mol. The third kappa shape index (κ3) is 5.39. The van der Waals surface area contributed by atoms with Crippen molar-refractivity contribution in [2.45, 2.75) is 84.0 Å². The third-order valence-electron chi connectivity index (χ3n) is 5.88. The van der Waals surface area contributed by atoms with Gasteiger partial charge in [-0.1, -0.05) is 51.4 Å². The predicted octanol–water partition coefficient (Wildman–Crippen LogP) is 5.71. The first-order chi connectivity index (χ1) is 10.3. The minimum absolute atomic E-state index is 0.506. The lowest BCUT2D eigenvalue weighted by molar-refractivity contribution is 0.153. The molecule has 2 aliphatic rings. The molecule has 2 rings (SSSR count). The number of hydrogen-bond donors (Lipinski definition) is 0. The van der Waals surface area contributed by atoms with Crippen LogP contribution in [0.3, 0.4) is 0 Å². The van der Waals surface area contributed by atoms with Gasteiger partial charge < -0.3 is 0 Å². The van der Waals surface area contributed by atoms with Crippen LogP contribution in [0, 0.1) is 46.8 Å². The van der Waals surface area contributed by atoms with Crippen molar-refractivity contribution >= 4 is 0 Å². The van der Waals surface area contributed by atoms with Crippen molar-refractivity contribution < 1.29 is 0 Å². The highest BCUT2D eigenvalue weighted by atomic mass is 14.3. The molecule has 0 saturated heterocycles. The second-order valence-electron chi connectivity index (χ2n) is 7.27. The Labute approximate surface area is 131 Å². The largest absolute Gasteiger partial charge is 0.183 e. The summed E-state index contributed by atoms with van der Waals surface area (Å²) in [5.41, 5.74) is 0. The summed E-state index contributed by atoms with van der Waals surface area (Å²) in [4.78, 5) is 0. The molecule has 0 aromatic carbocycles. The van der Waals surface area contributed by atoms with Gasteiger partial charge in [-0.3, -0.25) is 0 Å². The first-order valence-corrected chi connectivity index (χ1v) is 9.23. The smallest absolute Gasteiger partial charge is 0.152 e. The minimum Gasteiger partial charge on any atom is -0.183 e. The van der Waals surface area contributed by atoms with Crippen LogP contribution >= 0.6 is 0 Å². The van der Waals surface area contributed by atoms with Crippen LogP contribution in [0.25, 0.3) is 0 Å². The summed E-state index contributed by atoms with van der Waals surface area (Å²) in [5, 5.41) is 8.53. The van der Waals surface area contributed by atoms with E-state index in [1.54, 1.807) is 0 Å². The van der Waals surface area contributed by atoms with E-state index in [1.807, 2.05) is 6.07 Å². The fourth-order valence-corrected chi connectivity index (χ4v) is 4.50. The Kier molecular flexibility index (Phi) is 7.15. The molecule has 0 amide bonds. The maximum absolute atomic E-state index is 8.53. The van der Waals surface area contributed by atoms with Crippen LogP contribution in [0.2, 0.25) is 0 Å². The van der Waals surface area contributed by atoms with E-state index in [4.69, 9.17) is 5.26 Å². The first kappa shape index (κ1) is 16.4. The molecule has 1 heteroatoms. The van der Waals surface area contributed by atoms with Gasteiger partial charge in [0, 0.05) is 11.8 Å². The maximum Gasteiger partial charge on any atom is 0.152 e. The lowest BCUT2D eigenvalue weighted by Gasteiger charge is -2.37. The van der Waals surface area contributed by atoms with Gasteiger partial charge in [0.25, 0.3) is 0 Å². The molecule has 0 spiro atoms. The lowest BCUT2D eigenvalue weighted by Crippen LogP contribution is -2.25. The summed E-state index contributed by atoms with van der Waals surface area (Å²) < 4.78 is 0. The Morgan fingerprint density at radius 3 is 2.05 bits per heavy atom. The molecule has 2 aliphatic carbocycles. The summed E-state index contributed by atoms with van der Waals surface area (Å²) in [5.74, 6) is 9.21. The molecular formula is C20H31N. The van der Waals surface area contributed by atoms with Gasteiger partial charge in [-0.05, 0) is 56.3 Å². The maximum atomic E-state index is 8.53. The minimum atomic E-state index is 0.506. The molecule has 0 bridgehead atoms. The SMILES string of the molecule is CCCCC[C@H]1CC[C@H]([C@H]2CC[C@H](C#CC#N)CC2)CC1. The van der Waals surface area contributed by atoms with Crippen molar-refractivity contribution in [2.75, 3.05) is 0 Å². The molecule has 116 valence electrons. The normalized spacial score (nSPS) is 32.8. The Balaban J connectivity index is 1.66. The van der Waals surface area contributed by atoms with E-state index in [9.17, 15) is 0 Å². The van der Waals surface area contributed by atoms with Crippen LogP contribution in [0.1, 0.15) is 84.0 Å².